The highest BCUT2D eigenvalue weighted by Crippen LogP contribution is 2.17. The summed E-state index contributed by atoms with van der Waals surface area (Å²) in [5.74, 6) is 0. The maximum Gasteiger partial charge on any atom is 0.120 e. The van der Waals surface area contributed by atoms with Crippen LogP contribution in [0.3, 0.4) is 0 Å². The number of rotatable bonds is 5. The number of hydrogen-bond acceptors (Lipinski definition) is 3. The van der Waals surface area contributed by atoms with E-state index in [1.165, 1.54) is 32.1 Å². The summed E-state index contributed by atoms with van der Waals surface area (Å²) in [4.78, 5) is 0. The van der Waals surface area contributed by atoms with Gasteiger partial charge < -0.3 is 15.0 Å². The lowest BCUT2D eigenvalue weighted by Gasteiger charge is -2.24. The van der Waals surface area contributed by atoms with Crippen LogP contribution in [0.1, 0.15) is 37.8 Å². The molecule has 1 atom stereocenters. The molecular formula is C14H21N3O. The molecule has 0 amide bonds. The van der Waals surface area contributed by atoms with E-state index in [-0.39, 0.29) is 0 Å². The smallest absolute Gasteiger partial charge is 0.120 e. The number of aromatic nitrogens is 1. The van der Waals surface area contributed by atoms with E-state index in [1.54, 1.807) is 10.6 Å². The Hall–Kier alpha value is -1.31. The third-order valence-electron chi connectivity index (χ3n) is 3.60. The van der Waals surface area contributed by atoms with E-state index in [2.05, 4.69) is 11.4 Å². The van der Waals surface area contributed by atoms with Gasteiger partial charge in [0.05, 0.1) is 12.6 Å². The average Bonchev–Trinajstić information content (AvgIpc) is 2.85. The summed E-state index contributed by atoms with van der Waals surface area (Å²) in [7, 11) is 0. The molecular weight excluding hydrogens is 226 g/mol. The van der Waals surface area contributed by atoms with Crippen LogP contribution in [0.5, 0.6) is 0 Å². The molecule has 1 aromatic heterocycles. The van der Waals surface area contributed by atoms with Gasteiger partial charge in [-0.3, -0.25) is 0 Å². The summed E-state index contributed by atoms with van der Waals surface area (Å²) >= 11 is 0. The number of nitrogens with zero attached hydrogens (tertiary/aromatic N) is 2. The number of aliphatic hydroxyl groups is 1. The first-order valence-electron chi connectivity index (χ1n) is 6.76. The van der Waals surface area contributed by atoms with Crippen molar-refractivity contribution < 1.29 is 5.11 Å². The third kappa shape index (κ3) is 3.59. The van der Waals surface area contributed by atoms with Gasteiger partial charge in [-0.1, -0.05) is 19.3 Å². The van der Waals surface area contributed by atoms with Crippen LogP contribution in [-0.4, -0.2) is 28.4 Å². The van der Waals surface area contributed by atoms with Crippen LogP contribution in [0.25, 0.3) is 0 Å². The fourth-order valence-corrected chi connectivity index (χ4v) is 2.58. The van der Waals surface area contributed by atoms with Gasteiger partial charge in [-0.25, -0.2) is 0 Å². The Balaban J connectivity index is 1.75. The zero-order valence-electron chi connectivity index (χ0n) is 10.7. The monoisotopic (exact) mass is 247 g/mol. The Morgan fingerprint density at radius 3 is 2.94 bits per heavy atom. The van der Waals surface area contributed by atoms with Crippen molar-refractivity contribution >= 4 is 0 Å². The highest BCUT2D eigenvalue weighted by Gasteiger charge is 2.14. The largest absolute Gasteiger partial charge is 0.390 e. The van der Waals surface area contributed by atoms with Crippen LogP contribution in [0.2, 0.25) is 0 Å². The molecule has 0 bridgehead atoms. The molecule has 1 heterocycles. The summed E-state index contributed by atoms with van der Waals surface area (Å²) in [5.41, 5.74) is 0.603. The maximum absolute atomic E-state index is 9.98. The van der Waals surface area contributed by atoms with Crippen molar-refractivity contribution in [2.75, 3.05) is 6.54 Å². The van der Waals surface area contributed by atoms with Gasteiger partial charge in [0.25, 0.3) is 0 Å². The Bertz CT molecular complexity index is 401. The van der Waals surface area contributed by atoms with Crippen LogP contribution in [-0.2, 0) is 6.54 Å². The fraction of sp³-hybridized carbons (Fsp3) is 0.643. The summed E-state index contributed by atoms with van der Waals surface area (Å²) in [6.07, 6.45) is 7.78. The van der Waals surface area contributed by atoms with Crippen LogP contribution in [0, 0.1) is 11.3 Å². The van der Waals surface area contributed by atoms with E-state index in [1.807, 2.05) is 12.3 Å². The minimum Gasteiger partial charge on any atom is -0.390 e. The van der Waals surface area contributed by atoms with Crippen LogP contribution >= 0.6 is 0 Å². The molecule has 2 rings (SSSR count). The second kappa shape index (κ2) is 6.58. The van der Waals surface area contributed by atoms with E-state index < -0.39 is 6.10 Å². The van der Waals surface area contributed by atoms with Crippen molar-refractivity contribution in [3.05, 3.63) is 24.0 Å². The van der Waals surface area contributed by atoms with Gasteiger partial charge >= 0.3 is 0 Å². The number of nitrogens with one attached hydrogen (secondary N) is 1. The SMILES string of the molecule is N#Cc1cccn1CC(O)CNC1CCCCC1. The molecule has 1 aliphatic carbocycles. The standard InChI is InChI=1S/C14H21N3O/c15-9-13-7-4-8-17(13)11-14(18)10-16-12-5-2-1-3-6-12/h4,7-8,12,14,16,18H,1-3,5-6,10-11H2. The second-order valence-corrected chi connectivity index (χ2v) is 5.05. The fourth-order valence-electron chi connectivity index (χ4n) is 2.58. The van der Waals surface area contributed by atoms with Gasteiger partial charge in [-0.15, -0.1) is 0 Å². The molecule has 1 fully saturated rings. The van der Waals surface area contributed by atoms with Crippen molar-refractivity contribution in [3.63, 3.8) is 0 Å². The van der Waals surface area contributed by atoms with E-state index in [0.29, 0.717) is 24.8 Å². The van der Waals surface area contributed by atoms with Gasteiger partial charge in [-0.2, -0.15) is 5.26 Å². The molecule has 0 saturated heterocycles. The van der Waals surface area contributed by atoms with Crippen molar-refractivity contribution in [2.24, 2.45) is 0 Å². The molecule has 1 aliphatic rings. The summed E-state index contributed by atoms with van der Waals surface area (Å²) in [6.45, 7) is 1.09. The first-order chi connectivity index (χ1) is 8.79. The highest BCUT2D eigenvalue weighted by molar-refractivity contribution is 5.21. The summed E-state index contributed by atoms with van der Waals surface area (Å²) < 4.78 is 1.80. The quantitative estimate of drug-likeness (QED) is 0.831. The van der Waals surface area contributed by atoms with Crippen molar-refractivity contribution in [1.29, 1.82) is 5.26 Å². The Morgan fingerprint density at radius 2 is 2.22 bits per heavy atom. The summed E-state index contributed by atoms with van der Waals surface area (Å²) in [5, 5.41) is 22.3. The predicted molar refractivity (Wildman–Crippen MR) is 70.0 cm³/mol. The molecule has 1 saturated carbocycles. The van der Waals surface area contributed by atoms with Crippen LogP contribution in [0.15, 0.2) is 18.3 Å². The van der Waals surface area contributed by atoms with E-state index >= 15 is 0 Å². The third-order valence-corrected chi connectivity index (χ3v) is 3.60. The van der Waals surface area contributed by atoms with E-state index in [0.717, 1.165) is 0 Å². The van der Waals surface area contributed by atoms with Crippen molar-refractivity contribution in [1.82, 2.24) is 9.88 Å². The molecule has 98 valence electrons. The molecule has 4 heteroatoms. The number of nitriles is 1. The highest BCUT2D eigenvalue weighted by atomic mass is 16.3. The topological polar surface area (TPSA) is 61.0 Å². The lowest BCUT2D eigenvalue weighted by Crippen LogP contribution is -2.38. The normalized spacial score (nSPS) is 18.4. The Labute approximate surface area is 108 Å². The van der Waals surface area contributed by atoms with E-state index in [4.69, 9.17) is 5.26 Å². The lowest BCUT2D eigenvalue weighted by molar-refractivity contribution is 0.144. The van der Waals surface area contributed by atoms with E-state index in [9.17, 15) is 5.11 Å². The van der Waals surface area contributed by atoms with Crippen molar-refractivity contribution in [3.8, 4) is 6.07 Å². The molecule has 1 unspecified atom stereocenters. The number of aliphatic hydroxyl groups excluding tert-OH is 1. The molecule has 2 N–H and O–H groups in total. The first kappa shape index (κ1) is 13.1. The zero-order valence-corrected chi connectivity index (χ0v) is 10.7. The predicted octanol–water partition coefficient (Wildman–Crippen LogP) is 1.64. The molecule has 0 aliphatic heterocycles. The lowest BCUT2D eigenvalue weighted by atomic mass is 9.95. The minimum absolute atomic E-state index is 0.438. The minimum atomic E-state index is -0.438. The molecule has 18 heavy (non-hydrogen) atoms. The van der Waals surface area contributed by atoms with Gasteiger partial charge in [0.2, 0.25) is 0 Å². The Kier molecular flexibility index (Phi) is 4.80. The molecule has 1 aromatic rings. The first-order valence-corrected chi connectivity index (χ1v) is 6.76. The van der Waals surface area contributed by atoms with Gasteiger partial charge in [-0.05, 0) is 25.0 Å². The van der Waals surface area contributed by atoms with Crippen molar-refractivity contribution in [2.45, 2.75) is 50.8 Å². The molecule has 0 radical (unpaired) electrons. The number of hydrogen-bond donors (Lipinski definition) is 2. The summed E-state index contributed by atoms with van der Waals surface area (Å²) in [6, 6.07) is 6.28. The Morgan fingerprint density at radius 1 is 1.44 bits per heavy atom. The van der Waals surface area contributed by atoms with Gasteiger partial charge in [0, 0.05) is 18.8 Å². The van der Waals surface area contributed by atoms with Gasteiger partial charge in [0.15, 0.2) is 0 Å². The average molecular weight is 247 g/mol. The van der Waals surface area contributed by atoms with Gasteiger partial charge in [0.1, 0.15) is 11.8 Å². The maximum atomic E-state index is 9.98. The van der Waals surface area contributed by atoms with Crippen LogP contribution in [0.4, 0.5) is 0 Å². The van der Waals surface area contributed by atoms with Crippen LogP contribution < -0.4 is 5.32 Å². The molecule has 0 aromatic carbocycles. The molecule has 0 spiro atoms. The zero-order chi connectivity index (χ0) is 12.8. The second-order valence-electron chi connectivity index (χ2n) is 5.05. The molecule has 4 nitrogen and oxygen atoms in total.